The fourth-order valence-corrected chi connectivity index (χ4v) is 3.57. The highest BCUT2D eigenvalue weighted by atomic mass is 32.1. The summed E-state index contributed by atoms with van der Waals surface area (Å²) in [6.45, 7) is 10.6. The van der Waals surface area contributed by atoms with Gasteiger partial charge in [0.1, 0.15) is 5.75 Å². The molecule has 1 saturated heterocycles. The van der Waals surface area contributed by atoms with Gasteiger partial charge in [-0.05, 0) is 68.9 Å². The number of likely N-dealkylation sites (tertiary alicyclic amines) is 1. The normalized spacial score (nSPS) is 15.2. The fourth-order valence-electron chi connectivity index (χ4n) is 3.29. The summed E-state index contributed by atoms with van der Waals surface area (Å²) in [7, 11) is 0. The highest BCUT2D eigenvalue weighted by molar-refractivity contribution is 7.80. The van der Waals surface area contributed by atoms with Gasteiger partial charge >= 0.3 is 0 Å². The Balaban J connectivity index is 1.78. The van der Waals surface area contributed by atoms with Crippen LogP contribution < -0.4 is 10.1 Å². The Bertz CT molecular complexity index is 650. The van der Waals surface area contributed by atoms with Gasteiger partial charge in [0.15, 0.2) is 5.11 Å². The maximum absolute atomic E-state index is 12.7. The van der Waals surface area contributed by atoms with Crippen LogP contribution in [0.15, 0.2) is 18.2 Å². The quantitative estimate of drug-likeness (QED) is 0.561. The van der Waals surface area contributed by atoms with E-state index in [0.29, 0.717) is 11.7 Å². The molecule has 5 heteroatoms. The van der Waals surface area contributed by atoms with Crippen LogP contribution in [0.2, 0.25) is 0 Å². The van der Waals surface area contributed by atoms with Gasteiger partial charge in [0.2, 0.25) is 5.91 Å². The van der Waals surface area contributed by atoms with E-state index in [9.17, 15) is 4.79 Å². The van der Waals surface area contributed by atoms with E-state index >= 15 is 0 Å². The van der Waals surface area contributed by atoms with Gasteiger partial charge in [-0.2, -0.15) is 0 Å². The van der Waals surface area contributed by atoms with Gasteiger partial charge in [0, 0.05) is 18.5 Å². The monoisotopic (exact) mass is 390 g/mol. The summed E-state index contributed by atoms with van der Waals surface area (Å²) >= 11 is 5.47. The predicted molar refractivity (Wildman–Crippen MR) is 115 cm³/mol. The van der Waals surface area contributed by atoms with Gasteiger partial charge in [-0.3, -0.25) is 4.79 Å². The second kappa shape index (κ2) is 10.1. The highest BCUT2D eigenvalue weighted by Gasteiger charge is 2.29. The van der Waals surface area contributed by atoms with Crippen molar-refractivity contribution in [1.82, 2.24) is 10.2 Å². The third kappa shape index (κ3) is 6.80. The van der Waals surface area contributed by atoms with E-state index in [1.807, 2.05) is 13.8 Å². The molecule has 1 aromatic rings. The number of nitrogens with one attached hydrogen (secondary N) is 1. The first-order valence-corrected chi connectivity index (χ1v) is 10.5. The Morgan fingerprint density at radius 3 is 2.52 bits per heavy atom. The minimum absolute atomic E-state index is 0.00323. The molecule has 0 saturated carbocycles. The number of amides is 1. The Hall–Kier alpha value is -1.62. The molecule has 0 unspecified atom stereocenters. The van der Waals surface area contributed by atoms with Gasteiger partial charge in [0.05, 0.1) is 6.61 Å². The minimum Gasteiger partial charge on any atom is -0.493 e. The van der Waals surface area contributed by atoms with E-state index in [2.05, 4.69) is 42.3 Å². The Labute approximate surface area is 169 Å². The van der Waals surface area contributed by atoms with Crippen molar-refractivity contribution in [1.29, 1.82) is 0 Å². The Morgan fingerprint density at radius 2 is 1.85 bits per heavy atom. The lowest BCUT2D eigenvalue weighted by Gasteiger charge is -2.28. The third-order valence-corrected chi connectivity index (χ3v) is 5.64. The molecule has 2 rings (SSSR count). The second-order valence-corrected chi connectivity index (χ2v) is 8.65. The van der Waals surface area contributed by atoms with E-state index < -0.39 is 5.41 Å². The summed E-state index contributed by atoms with van der Waals surface area (Å²) in [5, 5.41) is 3.56. The predicted octanol–water partition coefficient (Wildman–Crippen LogP) is 4.77. The molecule has 0 spiro atoms. The zero-order valence-corrected chi connectivity index (χ0v) is 18.1. The lowest BCUT2D eigenvalue weighted by atomic mass is 9.87. The summed E-state index contributed by atoms with van der Waals surface area (Å²) in [6.07, 6.45) is 6.37. The van der Waals surface area contributed by atoms with E-state index in [1.54, 1.807) is 0 Å². The number of carbonyl (C=O) groups is 1. The van der Waals surface area contributed by atoms with Crippen molar-refractivity contribution in [3.63, 3.8) is 0 Å². The molecule has 0 atom stereocenters. The summed E-state index contributed by atoms with van der Waals surface area (Å²) in [5.74, 6) is 0.933. The zero-order chi connectivity index (χ0) is 19.9. The summed E-state index contributed by atoms with van der Waals surface area (Å²) < 4.78 is 5.92. The van der Waals surface area contributed by atoms with Gasteiger partial charge in [0.25, 0.3) is 0 Å². The van der Waals surface area contributed by atoms with Crippen LogP contribution in [0.5, 0.6) is 5.75 Å². The Kier molecular flexibility index (Phi) is 8.08. The highest BCUT2D eigenvalue weighted by Crippen LogP contribution is 2.24. The van der Waals surface area contributed by atoms with E-state index in [0.717, 1.165) is 50.1 Å². The smallest absolute Gasteiger partial charge is 0.231 e. The van der Waals surface area contributed by atoms with Crippen molar-refractivity contribution in [2.24, 2.45) is 5.41 Å². The van der Waals surface area contributed by atoms with Crippen LogP contribution in [0.4, 0.5) is 0 Å². The molecule has 0 aromatic heterocycles. The molecule has 1 heterocycles. The standard InChI is InChI=1S/C22H34N2O2S/c1-17-10-11-18(2)19(16-17)26-15-9-12-22(3,4)20(25)23-21(27)24-13-7-5-6-8-14-24/h10-11,16H,5-9,12-15H2,1-4H3,(H,23,25,27). The molecule has 1 N–H and O–H groups in total. The average molecular weight is 391 g/mol. The molecule has 0 bridgehead atoms. The molecule has 1 aliphatic heterocycles. The van der Waals surface area contributed by atoms with Crippen molar-refractivity contribution in [2.45, 2.75) is 66.2 Å². The number of aryl methyl sites for hydroxylation is 2. The summed E-state index contributed by atoms with van der Waals surface area (Å²) in [6, 6.07) is 6.22. The minimum atomic E-state index is -0.471. The maximum Gasteiger partial charge on any atom is 0.231 e. The molecule has 0 radical (unpaired) electrons. The number of ether oxygens (including phenoxy) is 1. The first kappa shape index (κ1) is 21.7. The summed E-state index contributed by atoms with van der Waals surface area (Å²) in [4.78, 5) is 14.8. The molecule has 4 nitrogen and oxygen atoms in total. The van der Waals surface area contributed by atoms with Crippen LogP contribution in [0.1, 0.15) is 63.5 Å². The summed E-state index contributed by atoms with van der Waals surface area (Å²) in [5.41, 5.74) is 1.86. The average Bonchev–Trinajstić information content (AvgIpc) is 2.91. The van der Waals surface area contributed by atoms with Crippen molar-refractivity contribution >= 4 is 23.2 Å². The number of nitrogens with zero attached hydrogens (tertiary/aromatic N) is 1. The van der Waals surface area contributed by atoms with Crippen LogP contribution in [0.25, 0.3) is 0 Å². The van der Waals surface area contributed by atoms with E-state index in [4.69, 9.17) is 17.0 Å². The molecule has 1 fully saturated rings. The largest absolute Gasteiger partial charge is 0.493 e. The van der Waals surface area contributed by atoms with Crippen molar-refractivity contribution in [3.05, 3.63) is 29.3 Å². The fraction of sp³-hybridized carbons (Fsp3) is 0.636. The second-order valence-electron chi connectivity index (χ2n) is 8.27. The number of rotatable bonds is 6. The lowest BCUT2D eigenvalue weighted by molar-refractivity contribution is -0.128. The number of hydrogen-bond donors (Lipinski definition) is 1. The SMILES string of the molecule is Cc1ccc(C)c(OCCCC(C)(C)C(=O)NC(=S)N2CCCCCC2)c1. The van der Waals surface area contributed by atoms with E-state index in [-0.39, 0.29) is 5.91 Å². The number of benzene rings is 1. The van der Waals surface area contributed by atoms with Gasteiger partial charge < -0.3 is 15.0 Å². The maximum atomic E-state index is 12.7. The molecular weight excluding hydrogens is 356 g/mol. The van der Waals surface area contributed by atoms with Crippen molar-refractivity contribution < 1.29 is 9.53 Å². The third-order valence-electron chi connectivity index (χ3n) is 5.28. The molecule has 1 amide bonds. The van der Waals surface area contributed by atoms with Crippen LogP contribution in [-0.4, -0.2) is 35.6 Å². The number of carbonyl (C=O) groups excluding carboxylic acids is 1. The molecule has 1 aliphatic rings. The van der Waals surface area contributed by atoms with Gasteiger partial charge in [-0.25, -0.2) is 0 Å². The molecule has 150 valence electrons. The van der Waals surface area contributed by atoms with E-state index in [1.165, 1.54) is 18.4 Å². The Morgan fingerprint density at radius 1 is 1.19 bits per heavy atom. The van der Waals surface area contributed by atoms with Gasteiger partial charge in [-0.15, -0.1) is 0 Å². The van der Waals surface area contributed by atoms with Crippen LogP contribution >= 0.6 is 12.2 Å². The lowest BCUT2D eigenvalue weighted by Crippen LogP contribution is -2.47. The van der Waals surface area contributed by atoms with Crippen LogP contribution in [0.3, 0.4) is 0 Å². The first-order valence-electron chi connectivity index (χ1n) is 10.1. The van der Waals surface area contributed by atoms with Crippen molar-refractivity contribution in [2.75, 3.05) is 19.7 Å². The molecule has 27 heavy (non-hydrogen) atoms. The topological polar surface area (TPSA) is 41.6 Å². The van der Waals surface area contributed by atoms with Crippen LogP contribution in [-0.2, 0) is 4.79 Å². The van der Waals surface area contributed by atoms with Crippen molar-refractivity contribution in [3.8, 4) is 5.75 Å². The molecular formula is C22H34N2O2S. The zero-order valence-electron chi connectivity index (χ0n) is 17.3. The molecule has 1 aromatic carbocycles. The number of thiocarbonyl (C=S) groups is 1. The number of hydrogen-bond acceptors (Lipinski definition) is 3. The van der Waals surface area contributed by atoms with Crippen LogP contribution in [0, 0.1) is 19.3 Å². The molecule has 0 aliphatic carbocycles. The van der Waals surface area contributed by atoms with Gasteiger partial charge in [-0.1, -0.05) is 38.8 Å². The first-order chi connectivity index (χ1) is 12.8.